The van der Waals surface area contributed by atoms with Crippen LogP contribution in [0.1, 0.15) is 29.5 Å². The van der Waals surface area contributed by atoms with E-state index in [1.165, 1.54) is 18.2 Å². The van der Waals surface area contributed by atoms with Gasteiger partial charge in [0.1, 0.15) is 12.2 Å². The predicted molar refractivity (Wildman–Crippen MR) is 158 cm³/mol. The second-order valence-corrected chi connectivity index (χ2v) is 9.83. The highest BCUT2D eigenvalue weighted by Crippen LogP contribution is 2.35. The van der Waals surface area contributed by atoms with Gasteiger partial charge in [-0.1, -0.05) is 91.0 Å². The number of carboxylic acids is 1. The number of carbonyl (C=O) groups is 4. The third kappa shape index (κ3) is 9.11. The molecule has 1 fully saturated rings. The second-order valence-electron chi connectivity index (χ2n) is 9.83. The fourth-order valence-electron chi connectivity index (χ4n) is 4.50. The van der Waals surface area contributed by atoms with Gasteiger partial charge in [0.25, 0.3) is 0 Å². The van der Waals surface area contributed by atoms with Crippen LogP contribution >= 0.6 is 0 Å². The number of carboxylic acid groups (broad SMARTS) is 1. The van der Waals surface area contributed by atoms with Crippen LogP contribution in [0.25, 0.3) is 18.2 Å². The molecule has 0 bridgehead atoms. The summed E-state index contributed by atoms with van der Waals surface area (Å²) in [4.78, 5) is 50.5. The lowest BCUT2D eigenvalue weighted by Crippen LogP contribution is -2.59. The molecule has 1 saturated carbocycles. The molecule has 3 aromatic rings. The molecule has 4 rings (SSSR count). The zero-order valence-electron chi connectivity index (χ0n) is 23.0. The molecule has 0 radical (unpaired) electrons. The van der Waals surface area contributed by atoms with Crippen molar-refractivity contribution < 1.29 is 43.6 Å². The summed E-state index contributed by atoms with van der Waals surface area (Å²) < 4.78 is 16.6. The summed E-state index contributed by atoms with van der Waals surface area (Å²) >= 11 is 0. The van der Waals surface area contributed by atoms with E-state index in [1.807, 2.05) is 18.2 Å². The van der Waals surface area contributed by atoms with Crippen molar-refractivity contribution in [1.82, 2.24) is 0 Å². The highest BCUT2D eigenvalue weighted by atomic mass is 16.6. The van der Waals surface area contributed by atoms with Crippen LogP contribution < -0.4 is 0 Å². The number of aliphatic hydroxyl groups is 1. The molecule has 0 aromatic heterocycles. The first-order valence-electron chi connectivity index (χ1n) is 13.5. The highest BCUT2D eigenvalue weighted by molar-refractivity contribution is 5.89. The topological polar surface area (TPSA) is 136 Å². The molecule has 0 amide bonds. The van der Waals surface area contributed by atoms with E-state index < -0.39 is 60.6 Å². The van der Waals surface area contributed by atoms with Gasteiger partial charge in [0.05, 0.1) is 0 Å². The number of hydrogen-bond acceptors (Lipinski definition) is 8. The molecule has 0 unspecified atom stereocenters. The number of aliphatic carboxylic acids is 1. The molecule has 0 saturated heterocycles. The Bertz CT molecular complexity index is 1420. The van der Waals surface area contributed by atoms with E-state index in [4.69, 9.17) is 14.2 Å². The molecule has 220 valence electrons. The van der Waals surface area contributed by atoms with Crippen LogP contribution in [0, 0.1) is 0 Å². The lowest BCUT2D eigenvalue weighted by Gasteiger charge is -2.41. The Kier molecular flexibility index (Phi) is 10.4. The van der Waals surface area contributed by atoms with Crippen LogP contribution in [0.5, 0.6) is 0 Å². The highest BCUT2D eigenvalue weighted by Gasteiger charge is 2.54. The maximum Gasteiger partial charge on any atom is 0.335 e. The number of ether oxygens (including phenoxy) is 3. The Morgan fingerprint density at radius 2 is 0.907 bits per heavy atom. The van der Waals surface area contributed by atoms with Crippen LogP contribution in [0.2, 0.25) is 0 Å². The minimum Gasteiger partial charge on any atom is -0.479 e. The largest absolute Gasteiger partial charge is 0.479 e. The van der Waals surface area contributed by atoms with Crippen molar-refractivity contribution in [2.45, 2.75) is 36.8 Å². The Balaban J connectivity index is 1.59. The number of esters is 3. The Hall–Kier alpha value is -5.28. The molecule has 2 N–H and O–H groups in total. The SMILES string of the molecule is O=C(/C=C/c1ccccc1)OC1[C@H](OC(=O)/C=C/c2ccccc2)CC(O)(C(=O)O)C[C@H]1OC(=O)/C=C/c1ccccc1. The number of rotatable bonds is 10. The molecule has 0 spiro atoms. The summed E-state index contributed by atoms with van der Waals surface area (Å²) in [5, 5.41) is 20.8. The summed E-state index contributed by atoms with van der Waals surface area (Å²) in [6.07, 6.45) is 2.32. The zero-order valence-corrected chi connectivity index (χ0v) is 23.0. The van der Waals surface area contributed by atoms with Crippen molar-refractivity contribution in [3.63, 3.8) is 0 Å². The van der Waals surface area contributed by atoms with Crippen LogP contribution in [0.15, 0.2) is 109 Å². The molecule has 0 heterocycles. The molecule has 43 heavy (non-hydrogen) atoms. The van der Waals surface area contributed by atoms with Gasteiger partial charge in [-0.15, -0.1) is 0 Å². The fourth-order valence-corrected chi connectivity index (χ4v) is 4.50. The number of hydrogen-bond donors (Lipinski definition) is 2. The van der Waals surface area contributed by atoms with E-state index in [0.29, 0.717) is 16.7 Å². The van der Waals surface area contributed by atoms with E-state index in [9.17, 15) is 29.4 Å². The van der Waals surface area contributed by atoms with Crippen LogP contribution in [0.4, 0.5) is 0 Å². The molecule has 9 heteroatoms. The van der Waals surface area contributed by atoms with Gasteiger partial charge in [-0.2, -0.15) is 0 Å². The van der Waals surface area contributed by atoms with Crippen LogP contribution in [0.3, 0.4) is 0 Å². The van der Waals surface area contributed by atoms with Crippen molar-refractivity contribution >= 4 is 42.1 Å². The van der Waals surface area contributed by atoms with Gasteiger partial charge in [-0.3, -0.25) is 0 Å². The van der Waals surface area contributed by atoms with Gasteiger partial charge in [0.2, 0.25) is 0 Å². The molecule has 1 aliphatic rings. The van der Waals surface area contributed by atoms with E-state index in [0.717, 1.165) is 18.2 Å². The summed E-state index contributed by atoms with van der Waals surface area (Å²) in [5.74, 6) is -4.21. The van der Waals surface area contributed by atoms with Gasteiger partial charge in [-0.25, -0.2) is 19.2 Å². The van der Waals surface area contributed by atoms with Gasteiger partial charge in [0, 0.05) is 31.1 Å². The number of carbonyl (C=O) groups excluding carboxylic acids is 3. The molecular formula is C34H30O9. The Morgan fingerprint density at radius 3 is 1.23 bits per heavy atom. The Labute approximate surface area is 248 Å². The van der Waals surface area contributed by atoms with Crippen LogP contribution in [-0.4, -0.2) is 58.0 Å². The van der Waals surface area contributed by atoms with Crippen molar-refractivity contribution in [2.75, 3.05) is 0 Å². The average Bonchev–Trinajstić information content (AvgIpc) is 3.01. The number of benzene rings is 3. The molecule has 9 nitrogen and oxygen atoms in total. The normalized spacial score (nSPS) is 21.9. The van der Waals surface area contributed by atoms with E-state index in [2.05, 4.69) is 0 Å². The fraction of sp³-hybridized carbons (Fsp3) is 0.176. The first-order chi connectivity index (χ1) is 20.7. The van der Waals surface area contributed by atoms with Crippen molar-refractivity contribution in [2.24, 2.45) is 0 Å². The molecule has 1 aliphatic carbocycles. The monoisotopic (exact) mass is 582 g/mol. The standard InChI is InChI=1S/C34H30O9/c35-29(19-16-24-10-4-1-5-11-24)41-27-22-34(40,33(38)39)23-28(42-30(36)20-17-25-12-6-2-7-13-25)32(27)43-31(37)21-18-26-14-8-3-9-15-26/h1-21,27-28,32,40H,22-23H2,(H,38,39)/b19-16+,20-17+,21-18+/t27-,28-,32?,34?/m1/s1. The van der Waals surface area contributed by atoms with Crippen molar-refractivity contribution in [3.8, 4) is 0 Å². The van der Waals surface area contributed by atoms with Gasteiger partial charge in [-0.05, 0) is 34.9 Å². The van der Waals surface area contributed by atoms with Crippen molar-refractivity contribution in [1.29, 1.82) is 0 Å². The van der Waals surface area contributed by atoms with Crippen LogP contribution in [-0.2, 0) is 33.4 Å². The average molecular weight is 583 g/mol. The minimum atomic E-state index is -2.44. The molecular weight excluding hydrogens is 552 g/mol. The van der Waals surface area contributed by atoms with Gasteiger partial charge < -0.3 is 24.4 Å². The van der Waals surface area contributed by atoms with E-state index >= 15 is 0 Å². The van der Waals surface area contributed by atoms with Crippen molar-refractivity contribution in [3.05, 3.63) is 126 Å². The van der Waals surface area contributed by atoms with Gasteiger partial charge >= 0.3 is 23.9 Å². The summed E-state index contributed by atoms with van der Waals surface area (Å²) in [6.45, 7) is 0. The molecule has 0 aliphatic heterocycles. The molecule has 2 atom stereocenters. The first kappa shape index (κ1) is 30.7. The lowest BCUT2D eigenvalue weighted by atomic mass is 9.79. The smallest absolute Gasteiger partial charge is 0.335 e. The van der Waals surface area contributed by atoms with E-state index in [1.54, 1.807) is 72.8 Å². The lowest BCUT2D eigenvalue weighted by molar-refractivity contribution is -0.211. The zero-order chi connectivity index (χ0) is 30.7. The van der Waals surface area contributed by atoms with E-state index in [-0.39, 0.29) is 0 Å². The minimum absolute atomic E-state index is 0.610. The quantitative estimate of drug-likeness (QED) is 0.202. The first-order valence-corrected chi connectivity index (χ1v) is 13.5. The van der Waals surface area contributed by atoms with Gasteiger partial charge in [0.15, 0.2) is 11.7 Å². The summed E-state index contributed by atoms with van der Waals surface area (Å²) in [6, 6.07) is 26.7. The molecule has 3 aromatic carbocycles. The Morgan fingerprint density at radius 1 is 0.581 bits per heavy atom. The maximum absolute atomic E-state index is 12.9. The third-order valence-electron chi connectivity index (χ3n) is 6.63. The maximum atomic E-state index is 12.9. The predicted octanol–water partition coefficient (Wildman–Crippen LogP) is 4.47. The second kappa shape index (κ2) is 14.6. The third-order valence-corrected chi connectivity index (χ3v) is 6.63. The summed E-state index contributed by atoms with van der Waals surface area (Å²) in [7, 11) is 0. The summed E-state index contributed by atoms with van der Waals surface area (Å²) in [5.41, 5.74) is -0.316.